The van der Waals surface area contributed by atoms with Gasteiger partial charge in [-0.25, -0.2) is 15.0 Å². The summed E-state index contributed by atoms with van der Waals surface area (Å²) in [5.74, 6) is 1.97. The molecule has 53 heavy (non-hydrogen) atoms. The van der Waals surface area contributed by atoms with Crippen molar-refractivity contribution in [2.24, 2.45) is 0 Å². The van der Waals surface area contributed by atoms with Crippen LogP contribution in [0.25, 0.3) is 109 Å². The highest BCUT2D eigenvalue weighted by Gasteiger charge is 2.19. The molecule has 0 amide bonds. The van der Waals surface area contributed by atoms with Crippen molar-refractivity contribution in [1.29, 1.82) is 0 Å². The van der Waals surface area contributed by atoms with Gasteiger partial charge in [0.25, 0.3) is 0 Å². The molecule has 4 heteroatoms. The molecule has 0 spiro atoms. The zero-order valence-corrected chi connectivity index (χ0v) is 29.3. The number of thiophene rings is 1. The van der Waals surface area contributed by atoms with Crippen molar-refractivity contribution in [3.05, 3.63) is 176 Å². The van der Waals surface area contributed by atoms with Crippen molar-refractivity contribution in [2.45, 2.75) is 0 Å². The number of benzene rings is 9. The highest BCUT2D eigenvalue weighted by molar-refractivity contribution is 7.26. The molecule has 0 aliphatic carbocycles. The molecule has 0 fully saturated rings. The Labute approximate surface area is 309 Å². The molecule has 0 aliphatic heterocycles. The fourth-order valence-corrected chi connectivity index (χ4v) is 9.19. The van der Waals surface area contributed by atoms with Gasteiger partial charge >= 0.3 is 0 Å². The van der Waals surface area contributed by atoms with Crippen molar-refractivity contribution in [3.63, 3.8) is 0 Å². The second kappa shape index (κ2) is 11.9. The highest BCUT2D eigenvalue weighted by atomic mass is 32.1. The molecular weight excluding hydrogens is 663 g/mol. The van der Waals surface area contributed by atoms with E-state index in [1.54, 1.807) is 0 Å². The summed E-state index contributed by atoms with van der Waals surface area (Å²) in [6.07, 6.45) is 0. The highest BCUT2D eigenvalue weighted by Crippen LogP contribution is 2.45. The second-order valence-electron chi connectivity index (χ2n) is 13.6. The van der Waals surface area contributed by atoms with Crippen LogP contribution in [0.3, 0.4) is 0 Å². The van der Waals surface area contributed by atoms with Crippen molar-refractivity contribution >= 4 is 74.6 Å². The van der Waals surface area contributed by atoms with Crippen LogP contribution in [0.2, 0.25) is 0 Å². The maximum Gasteiger partial charge on any atom is 0.164 e. The van der Waals surface area contributed by atoms with Crippen LogP contribution in [0.1, 0.15) is 0 Å². The lowest BCUT2D eigenvalue weighted by atomic mass is 9.94. The van der Waals surface area contributed by atoms with Gasteiger partial charge in [-0.15, -0.1) is 11.3 Å². The lowest BCUT2D eigenvalue weighted by Crippen LogP contribution is -2.00. The van der Waals surface area contributed by atoms with E-state index in [0.29, 0.717) is 17.5 Å². The Balaban J connectivity index is 1.13. The first-order chi connectivity index (χ1) is 26.2. The molecule has 0 aliphatic rings. The molecule has 0 bridgehead atoms. The topological polar surface area (TPSA) is 38.7 Å². The largest absolute Gasteiger partial charge is 0.208 e. The number of hydrogen-bond donors (Lipinski definition) is 0. The van der Waals surface area contributed by atoms with E-state index in [4.69, 9.17) is 15.0 Å². The molecule has 3 nitrogen and oxygen atoms in total. The first-order valence-electron chi connectivity index (χ1n) is 17.9. The van der Waals surface area contributed by atoms with Crippen LogP contribution in [-0.2, 0) is 0 Å². The Hall–Kier alpha value is -6.75. The summed E-state index contributed by atoms with van der Waals surface area (Å²) in [5, 5.41) is 12.1. The minimum absolute atomic E-state index is 0.656. The molecule has 0 unspecified atom stereocenters. The number of nitrogens with zero attached hydrogens (tertiary/aromatic N) is 3. The van der Waals surface area contributed by atoms with E-state index in [1.807, 2.05) is 11.3 Å². The van der Waals surface area contributed by atoms with Gasteiger partial charge in [0.1, 0.15) is 0 Å². The van der Waals surface area contributed by atoms with Crippen LogP contribution in [0.5, 0.6) is 0 Å². The minimum atomic E-state index is 0.656. The Bertz CT molecular complexity index is 3150. The lowest BCUT2D eigenvalue weighted by molar-refractivity contribution is 1.08. The minimum Gasteiger partial charge on any atom is -0.208 e. The Morgan fingerprint density at radius 2 is 0.849 bits per heavy atom. The molecular formula is C49H29N3S. The Morgan fingerprint density at radius 1 is 0.321 bits per heavy atom. The molecule has 0 saturated heterocycles. The van der Waals surface area contributed by atoms with Crippen LogP contribution in [0.4, 0.5) is 0 Å². The SMILES string of the molecule is c1ccc2cc(-c3nc(-c4ccc5ccccc5c4)nc(-c4cccc5c4ccc4c5sc5cccc(-c6cccc7ccccc67)c54)n3)ccc2c1. The standard InChI is InChI=1S/C49H29N3S/c1-3-13-33-28-35(24-22-30(33)10-1)47-50-48(36-25-23-31-11-2-4-14-34(31)29-36)52-49(51-47)42-20-8-19-41-39(42)26-27-43-45-40(18-9-21-44(45)53-46(41)43)38-17-7-15-32-12-5-6-16-37(32)38/h1-29H. The summed E-state index contributed by atoms with van der Waals surface area (Å²) in [6.45, 7) is 0. The summed E-state index contributed by atoms with van der Waals surface area (Å²) in [7, 11) is 0. The van der Waals surface area contributed by atoms with Gasteiger partial charge in [0, 0.05) is 42.2 Å². The maximum absolute atomic E-state index is 5.21. The maximum atomic E-state index is 5.21. The Kier molecular flexibility index (Phi) is 6.73. The van der Waals surface area contributed by atoms with Gasteiger partial charge in [-0.1, -0.05) is 158 Å². The fourth-order valence-electron chi connectivity index (χ4n) is 7.93. The van der Waals surface area contributed by atoms with Gasteiger partial charge in [0.05, 0.1) is 0 Å². The van der Waals surface area contributed by atoms with Crippen molar-refractivity contribution in [1.82, 2.24) is 15.0 Å². The van der Waals surface area contributed by atoms with Crippen LogP contribution < -0.4 is 0 Å². The third-order valence-electron chi connectivity index (χ3n) is 10.5. The average Bonchev–Trinajstić information content (AvgIpc) is 3.62. The van der Waals surface area contributed by atoms with E-state index < -0.39 is 0 Å². The van der Waals surface area contributed by atoms with E-state index in [0.717, 1.165) is 32.8 Å². The summed E-state index contributed by atoms with van der Waals surface area (Å²) >= 11 is 1.86. The van der Waals surface area contributed by atoms with E-state index in [2.05, 4.69) is 176 Å². The molecule has 11 aromatic rings. The molecule has 246 valence electrons. The summed E-state index contributed by atoms with van der Waals surface area (Å²) < 4.78 is 2.55. The average molecular weight is 692 g/mol. The monoisotopic (exact) mass is 691 g/mol. The van der Waals surface area contributed by atoms with Crippen molar-refractivity contribution in [3.8, 4) is 45.3 Å². The van der Waals surface area contributed by atoms with E-state index in [-0.39, 0.29) is 0 Å². The first-order valence-corrected chi connectivity index (χ1v) is 18.7. The molecule has 0 radical (unpaired) electrons. The molecule has 0 N–H and O–H groups in total. The third kappa shape index (κ3) is 4.91. The van der Waals surface area contributed by atoms with Gasteiger partial charge in [-0.3, -0.25) is 0 Å². The lowest BCUT2D eigenvalue weighted by Gasteiger charge is -2.12. The number of hydrogen-bond acceptors (Lipinski definition) is 4. The number of fused-ring (bicyclic) bond motifs is 8. The molecule has 2 heterocycles. The van der Waals surface area contributed by atoms with E-state index >= 15 is 0 Å². The zero-order valence-electron chi connectivity index (χ0n) is 28.5. The quantitative estimate of drug-likeness (QED) is 0.184. The number of rotatable bonds is 4. The summed E-state index contributed by atoms with van der Waals surface area (Å²) in [6, 6.07) is 62.8. The van der Waals surface area contributed by atoms with Gasteiger partial charge in [-0.05, 0) is 67.0 Å². The molecule has 11 rings (SSSR count). The van der Waals surface area contributed by atoms with Gasteiger partial charge in [0.2, 0.25) is 0 Å². The van der Waals surface area contributed by atoms with Gasteiger partial charge < -0.3 is 0 Å². The zero-order chi connectivity index (χ0) is 34.9. The molecule has 0 saturated carbocycles. The summed E-state index contributed by atoms with van der Waals surface area (Å²) in [4.78, 5) is 15.5. The second-order valence-corrected chi connectivity index (χ2v) is 14.6. The van der Waals surface area contributed by atoms with Crippen molar-refractivity contribution in [2.75, 3.05) is 0 Å². The van der Waals surface area contributed by atoms with Crippen LogP contribution in [0, 0.1) is 0 Å². The van der Waals surface area contributed by atoms with Gasteiger partial charge in [-0.2, -0.15) is 0 Å². The number of aromatic nitrogens is 3. The van der Waals surface area contributed by atoms with Crippen LogP contribution >= 0.6 is 11.3 Å². The molecule has 9 aromatic carbocycles. The van der Waals surface area contributed by atoms with Crippen molar-refractivity contribution < 1.29 is 0 Å². The summed E-state index contributed by atoms with van der Waals surface area (Å²) in [5.41, 5.74) is 5.43. The third-order valence-corrected chi connectivity index (χ3v) is 11.7. The molecule has 0 atom stereocenters. The smallest absolute Gasteiger partial charge is 0.164 e. The van der Waals surface area contributed by atoms with Crippen LogP contribution in [0.15, 0.2) is 176 Å². The predicted molar refractivity (Wildman–Crippen MR) is 224 cm³/mol. The predicted octanol–water partition coefficient (Wildman–Crippen LogP) is 13.5. The fraction of sp³-hybridized carbons (Fsp3) is 0. The Morgan fingerprint density at radius 3 is 1.58 bits per heavy atom. The first kappa shape index (κ1) is 29.9. The van der Waals surface area contributed by atoms with E-state index in [9.17, 15) is 0 Å². The van der Waals surface area contributed by atoms with Gasteiger partial charge in [0.15, 0.2) is 17.5 Å². The van der Waals surface area contributed by atoms with E-state index in [1.165, 1.54) is 58.2 Å². The molecule has 2 aromatic heterocycles. The van der Waals surface area contributed by atoms with Crippen LogP contribution in [-0.4, -0.2) is 15.0 Å². The normalized spacial score (nSPS) is 11.8.